The van der Waals surface area contributed by atoms with Crippen LogP contribution in [0.1, 0.15) is 28.2 Å². The third-order valence-corrected chi connectivity index (χ3v) is 7.86. The molecule has 0 saturated carbocycles. The second-order valence-corrected chi connectivity index (χ2v) is 10.3. The Morgan fingerprint density at radius 3 is 2.43 bits per heavy atom. The van der Waals surface area contributed by atoms with Gasteiger partial charge in [0.1, 0.15) is 11.5 Å². The van der Waals surface area contributed by atoms with E-state index in [4.69, 9.17) is 9.72 Å². The lowest BCUT2D eigenvalue weighted by Crippen LogP contribution is -2.24. The number of benzene rings is 4. The smallest absolute Gasteiger partial charge is 0.274 e. The lowest BCUT2D eigenvalue weighted by atomic mass is 9.81. The number of imidazole rings is 1. The maximum absolute atomic E-state index is 13.7. The first kappa shape index (κ1) is 21.8. The Morgan fingerprint density at radius 2 is 1.59 bits per heavy atom. The second-order valence-electron chi connectivity index (χ2n) is 9.27. The minimum absolute atomic E-state index is 0.0601. The van der Waals surface area contributed by atoms with Crippen LogP contribution in [0, 0.1) is 6.92 Å². The molecule has 1 aliphatic heterocycles. The van der Waals surface area contributed by atoms with E-state index in [1.165, 1.54) is 16.9 Å². The molecule has 7 rings (SSSR count). The molecule has 0 aliphatic carbocycles. The molecule has 37 heavy (non-hydrogen) atoms. The number of para-hydroxylation sites is 3. The highest BCUT2D eigenvalue weighted by atomic mass is 32.1. The number of ether oxygens (including phenoxy) is 1. The van der Waals surface area contributed by atoms with Crippen LogP contribution in [-0.2, 0) is 0 Å². The van der Waals surface area contributed by atoms with Crippen molar-refractivity contribution in [2.75, 3.05) is 0 Å². The van der Waals surface area contributed by atoms with Crippen molar-refractivity contribution in [2.45, 2.75) is 12.8 Å². The van der Waals surface area contributed by atoms with Gasteiger partial charge in [0.15, 0.2) is 4.96 Å². The summed E-state index contributed by atoms with van der Waals surface area (Å²) in [6, 6.07) is 34.7. The summed E-state index contributed by atoms with van der Waals surface area (Å²) in [4.78, 5) is 19.1. The van der Waals surface area contributed by atoms with Crippen LogP contribution >= 0.6 is 11.3 Å². The molecule has 0 amide bonds. The second kappa shape index (κ2) is 8.57. The zero-order valence-corrected chi connectivity index (χ0v) is 20.9. The molecule has 4 nitrogen and oxygen atoms in total. The highest BCUT2D eigenvalue weighted by molar-refractivity contribution is 7.15. The summed E-state index contributed by atoms with van der Waals surface area (Å²) in [5.41, 5.74) is 6.96. The van der Waals surface area contributed by atoms with Crippen molar-refractivity contribution >= 4 is 39.2 Å². The summed E-state index contributed by atoms with van der Waals surface area (Å²) in [6.45, 7) is 2.09. The van der Waals surface area contributed by atoms with Crippen LogP contribution in [0.2, 0.25) is 0 Å². The molecule has 2 aromatic heterocycles. The van der Waals surface area contributed by atoms with Crippen molar-refractivity contribution in [3.8, 4) is 5.75 Å². The standard InChI is InChI=1S/C32H22N2O2S/c1-20-15-17-21(18-16-20)29-23-11-5-8-14-27(23)36-30(22-9-3-2-4-10-22)24(29)19-28-31(35)34-26-13-7-6-12-25(26)33-32(34)37-28/h2-19,29H,1H3. The van der Waals surface area contributed by atoms with E-state index in [0.29, 0.717) is 9.49 Å². The van der Waals surface area contributed by atoms with Crippen LogP contribution in [-0.4, -0.2) is 9.38 Å². The molecule has 1 unspecified atom stereocenters. The molecule has 178 valence electrons. The van der Waals surface area contributed by atoms with Gasteiger partial charge in [-0.15, -0.1) is 0 Å². The summed E-state index contributed by atoms with van der Waals surface area (Å²) in [5.74, 6) is 1.50. The fraction of sp³-hybridized carbons (Fsp3) is 0.0625. The Balaban J connectivity index is 1.54. The number of nitrogens with zero attached hydrogens (tertiary/aromatic N) is 2. The molecule has 0 spiro atoms. The lowest BCUT2D eigenvalue weighted by Gasteiger charge is -2.30. The topological polar surface area (TPSA) is 43.6 Å². The minimum Gasteiger partial charge on any atom is -0.456 e. The van der Waals surface area contributed by atoms with Gasteiger partial charge in [-0.1, -0.05) is 102 Å². The third-order valence-electron chi connectivity index (χ3n) is 6.89. The quantitative estimate of drug-likeness (QED) is 0.285. The van der Waals surface area contributed by atoms with Crippen LogP contribution < -0.4 is 14.8 Å². The predicted molar refractivity (Wildman–Crippen MR) is 150 cm³/mol. The fourth-order valence-electron chi connectivity index (χ4n) is 5.11. The first-order valence-corrected chi connectivity index (χ1v) is 13.0. The summed E-state index contributed by atoms with van der Waals surface area (Å²) >= 11 is 1.42. The van der Waals surface area contributed by atoms with Gasteiger partial charge in [0.05, 0.1) is 15.6 Å². The zero-order chi connectivity index (χ0) is 24.9. The Kier molecular flexibility index (Phi) is 5.05. The van der Waals surface area contributed by atoms with Crippen molar-refractivity contribution in [3.63, 3.8) is 0 Å². The molecule has 3 heterocycles. The van der Waals surface area contributed by atoms with Gasteiger partial charge in [-0.2, -0.15) is 0 Å². The summed E-state index contributed by atoms with van der Waals surface area (Å²) in [7, 11) is 0. The van der Waals surface area contributed by atoms with Gasteiger partial charge < -0.3 is 4.74 Å². The number of hydrogen-bond donors (Lipinski definition) is 0. The average Bonchev–Trinajstić information content (AvgIpc) is 3.45. The number of fused-ring (bicyclic) bond motifs is 4. The highest BCUT2D eigenvalue weighted by Crippen LogP contribution is 2.46. The first-order valence-electron chi connectivity index (χ1n) is 12.2. The normalized spacial score (nSPS) is 15.8. The van der Waals surface area contributed by atoms with Crippen molar-refractivity contribution in [1.29, 1.82) is 0 Å². The molecule has 6 aromatic rings. The molecule has 0 N–H and O–H groups in total. The Hall–Kier alpha value is -4.48. The molecule has 1 atom stereocenters. The molecule has 0 bridgehead atoms. The molecule has 5 heteroatoms. The summed E-state index contributed by atoms with van der Waals surface area (Å²) in [6.07, 6.45) is 2.01. The third kappa shape index (κ3) is 3.59. The van der Waals surface area contributed by atoms with Gasteiger partial charge in [-0.05, 0) is 36.8 Å². The fourth-order valence-corrected chi connectivity index (χ4v) is 6.09. The van der Waals surface area contributed by atoms with Crippen LogP contribution in [0.15, 0.2) is 113 Å². The van der Waals surface area contributed by atoms with Crippen molar-refractivity contribution in [2.24, 2.45) is 0 Å². The van der Waals surface area contributed by atoms with Gasteiger partial charge in [0.25, 0.3) is 5.56 Å². The predicted octanol–water partition coefficient (Wildman–Crippen LogP) is 6.35. The number of rotatable bonds is 3. The van der Waals surface area contributed by atoms with Crippen molar-refractivity contribution in [1.82, 2.24) is 9.38 Å². The Labute approximate surface area is 217 Å². The maximum atomic E-state index is 13.7. The zero-order valence-electron chi connectivity index (χ0n) is 20.1. The van der Waals surface area contributed by atoms with E-state index >= 15 is 0 Å². The monoisotopic (exact) mass is 498 g/mol. The van der Waals surface area contributed by atoms with Gasteiger partial charge in [-0.3, -0.25) is 4.79 Å². The van der Waals surface area contributed by atoms with Gasteiger partial charge in [0, 0.05) is 22.6 Å². The first-order chi connectivity index (χ1) is 18.2. The minimum atomic E-state index is -0.0914. The Morgan fingerprint density at radius 1 is 0.865 bits per heavy atom. The highest BCUT2D eigenvalue weighted by Gasteiger charge is 2.31. The summed E-state index contributed by atoms with van der Waals surface area (Å²) in [5, 5.41) is 0. The van der Waals surface area contributed by atoms with E-state index in [2.05, 4.69) is 49.4 Å². The number of thiazole rings is 1. The van der Waals surface area contributed by atoms with Gasteiger partial charge >= 0.3 is 0 Å². The van der Waals surface area contributed by atoms with E-state index in [-0.39, 0.29) is 11.5 Å². The summed E-state index contributed by atoms with van der Waals surface area (Å²) < 4.78 is 8.92. The van der Waals surface area contributed by atoms with Gasteiger partial charge in [0.2, 0.25) is 0 Å². The molecular weight excluding hydrogens is 476 g/mol. The number of aryl methyl sites for hydroxylation is 1. The largest absolute Gasteiger partial charge is 0.456 e. The van der Waals surface area contributed by atoms with E-state index in [9.17, 15) is 4.79 Å². The Bertz CT molecular complexity index is 1930. The molecular formula is C32H22N2O2S. The molecule has 0 radical (unpaired) electrons. The van der Waals surface area contributed by atoms with Crippen LogP contribution in [0.4, 0.5) is 0 Å². The molecule has 1 aliphatic rings. The van der Waals surface area contributed by atoms with Crippen molar-refractivity contribution in [3.05, 3.63) is 146 Å². The van der Waals surface area contributed by atoms with Crippen LogP contribution in [0.25, 0.3) is 27.8 Å². The number of hydrogen-bond acceptors (Lipinski definition) is 4. The van der Waals surface area contributed by atoms with E-state index in [0.717, 1.165) is 44.8 Å². The van der Waals surface area contributed by atoms with E-state index < -0.39 is 0 Å². The van der Waals surface area contributed by atoms with Crippen molar-refractivity contribution < 1.29 is 4.74 Å². The number of aromatic nitrogens is 2. The maximum Gasteiger partial charge on any atom is 0.274 e. The molecule has 0 fully saturated rings. The van der Waals surface area contributed by atoms with Crippen LogP contribution in [0.3, 0.4) is 0 Å². The SMILES string of the molecule is Cc1ccc(C2C(C=c3sc4nc5ccccc5n4c3=O)=C(c3ccccc3)Oc3ccccc32)cc1. The van der Waals surface area contributed by atoms with E-state index in [1.54, 1.807) is 4.40 Å². The van der Waals surface area contributed by atoms with Gasteiger partial charge in [-0.25, -0.2) is 9.38 Å². The molecule has 4 aromatic carbocycles. The van der Waals surface area contributed by atoms with E-state index in [1.807, 2.05) is 66.7 Å². The number of allylic oxidation sites excluding steroid dienone is 1. The molecule has 0 saturated heterocycles. The average molecular weight is 499 g/mol. The lowest BCUT2D eigenvalue weighted by molar-refractivity contribution is 0.488. The van der Waals surface area contributed by atoms with Crippen LogP contribution in [0.5, 0.6) is 5.75 Å².